The molecular weight excluding hydrogens is 2010 g/mol. The number of pyridine rings is 4. The molecule has 0 radical (unpaired) electrons. The summed E-state index contributed by atoms with van der Waals surface area (Å²) in [5.74, 6) is -6.51. The molecule has 4 unspecified atom stereocenters. The number of amides is 2. The van der Waals surface area contributed by atoms with Crippen LogP contribution in [0.5, 0.6) is 23.5 Å². The summed E-state index contributed by atoms with van der Waals surface area (Å²) in [6.07, 6.45) is -19.7. The first-order valence-electron chi connectivity index (χ1n) is 48.1. The number of aromatic nitrogens is 12. The third-order valence-electron chi connectivity index (χ3n) is 24.8. The van der Waals surface area contributed by atoms with Gasteiger partial charge in [-0.25, -0.2) is 47.1 Å². The molecule has 8 aromatic heterocycles. The molecule has 16 rings (SSSR count). The smallest absolute Gasteiger partial charge is 0.426 e. The van der Waals surface area contributed by atoms with Crippen LogP contribution in [-0.2, 0) is 57.6 Å². The number of fused-ring (bicyclic) bond motifs is 20. The fourth-order valence-electron chi connectivity index (χ4n) is 16.8. The Morgan fingerprint density at radius 2 is 0.547 bits per heavy atom. The van der Waals surface area contributed by atoms with Crippen LogP contribution in [0, 0.1) is 51.0 Å². The number of halogens is 16. The van der Waals surface area contributed by atoms with Gasteiger partial charge in [0, 0.05) is 47.9 Å². The van der Waals surface area contributed by atoms with Crippen LogP contribution >= 0.6 is 0 Å². The Hall–Kier alpha value is -13.9. The second kappa shape index (κ2) is 46.3. The fraction of sp³-hybridized carbons (Fsp3) is 0.471. The number of ether oxygens (including phenoxy) is 6. The number of carbonyl (C=O) groups is 2. The van der Waals surface area contributed by atoms with Crippen LogP contribution in [0.2, 0.25) is 0 Å². The Morgan fingerprint density at radius 3 is 0.767 bits per heavy atom. The number of aryl methyl sites for hydroxylation is 4. The van der Waals surface area contributed by atoms with Crippen LogP contribution in [0.15, 0.2) is 139 Å². The molecule has 808 valence electrons. The SMILES string of the molecule is Cc1cc(N(C(=O)OC(C)(C)C)C(=O)OC(C)(C)C)c2nc1OC(Cc1ccc(F)cc1)CCCCC[C@](O)(C(F)(F)F)c1nnc-2o1.Cc1cc(N)c2nc1OC(Cc1ccc(F)cc1)CCCCC[C@](O)(C(F)(F)F)c1nnc-2o1.Cc1cc(N)c2nc1OC(Cc1ccc(F)cc1)CCCCC[C@](O)(C(F)(F)F)c1nnc-2o1.Cc1cc(N)c2nc1OC(Cc1ccc(F)cc1)CCCCC[C@](O)(C(F)(F)F)c1nnc-2o1. The Balaban J connectivity index is 0.000000169. The van der Waals surface area contributed by atoms with Crippen molar-refractivity contribution in [3.05, 3.63) is 213 Å². The van der Waals surface area contributed by atoms with Gasteiger partial charge in [0.1, 0.15) is 58.9 Å². The molecule has 0 saturated carbocycles. The first-order chi connectivity index (χ1) is 70.4. The Kier molecular flexibility index (Phi) is 34.9. The summed E-state index contributed by atoms with van der Waals surface area (Å²) in [4.78, 5) is 45.2. The van der Waals surface area contributed by atoms with Gasteiger partial charge in [0.25, 0.3) is 47.1 Å². The first-order valence-corrected chi connectivity index (χ1v) is 48.1. The van der Waals surface area contributed by atoms with Crippen LogP contribution in [0.1, 0.15) is 238 Å². The van der Waals surface area contributed by atoms with Crippen molar-refractivity contribution in [2.75, 3.05) is 22.1 Å². The van der Waals surface area contributed by atoms with Gasteiger partial charge < -0.3 is 83.7 Å². The lowest BCUT2D eigenvalue weighted by molar-refractivity contribution is -0.277. The van der Waals surface area contributed by atoms with Gasteiger partial charge >= 0.3 is 36.9 Å². The molecule has 32 nitrogen and oxygen atoms in total. The zero-order valence-corrected chi connectivity index (χ0v) is 83.1. The number of benzene rings is 4. The van der Waals surface area contributed by atoms with Crippen molar-refractivity contribution in [2.45, 2.75) is 306 Å². The molecule has 10 N–H and O–H groups in total. The quantitative estimate of drug-likeness (QED) is 0.0660. The van der Waals surface area contributed by atoms with Gasteiger partial charge in [0.15, 0.2) is 22.8 Å². The molecule has 4 aromatic carbocycles. The highest BCUT2D eigenvalue weighted by molar-refractivity contribution is 6.11. The number of carbonyl (C=O) groups excluding carboxylic acids is 2. The lowest BCUT2D eigenvalue weighted by Crippen LogP contribution is -2.44. The topological polar surface area (TPSA) is 459 Å². The number of aliphatic hydroxyl groups is 4. The molecule has 0 spiro atoms. The minimum atomic E-state index is -5.18. The number of rotatable bonds is 9. The van der Waals surface area contributed by atoms with E-state index < -0.39 is 143 Å². The summed E-state index contributed by atoms with van der Waals surface area (Å²) in [6, 6.07) is 29.9. The number of nitrogen functional groups attached to an aromatic ring is 3. The molecule has 150 heavy (non-hydrogen) atoms. The maximum absolute atomic E-state index is 14.3. The van der Waals surface area contributed by atoms with E-state index in [0.29, 0.717) is 130 Å². The number of nitrogens with two attached hydrogens (primary N) is 3. The number of hydrogen-bond donors (Lipinski definition) is 7. The Bertz CT molecular complexity index is 6160. The highest BCUT2D eigenvalue weighted by atomic mass is 19.4. The third kappa shape index (κ3) is 27.8. The lowest BCUT2D eigenvalue weighted by Gasteiger charge is -2.30. The van der Waals surface area contributed by atoms with Crippen LogP contribution in [0.4, 0.5) is 103 Å². The molecule has 4 aliphatic rings. The Labute approximate surface area is 849 Å². The maximum atomic E-state index is 14.3. The van der Waals surface area contributed by atoms with Crippen molar-refractivity contribution in [2.24, 2.45) is 0 Å². The predicted octanol–water partition coefficient (Wildman–Crippen LogP) is 22.6. The van der Waals surface area contributed by atoms with Crippen molar-refractivity contribution in [3.63, 3.8) is 0 Å². The summed E-state index contributed by atoms with van der Waals surface area (Å²) < 4.78 is 278. The van der Waals surface area contributed by atoms with Gasteiger partial charge in [-0.05, 0) is 267 Å². The number of anilines is 4. The molecule has 0 aliphatic carbocycles. The van der Waals surface area contributed by atoms with Gasteiger partial charge in [-0.2, -0.15) is 57.6 Å². The van der Waals surface area contributed by atoms with E-state index in [4.69, 9.17) is 63.3 Å². The van der Waals surface area contributed by atoms with Crippen LogP contribution in [0.3, 0.4) is 0 Å². The maximum Gasteiger partial charge on any atom is 0.426 e. The summed E-state index contributed by atoms with van der Waals surface area (Å²) in [6.45, 7) is 16.3. The molecule has 0 saturated heterocycles. The van der Waals surface area contributed by atoms with Crippen LogP contribution in [0.25, 0.3) is 46.3 Å². The van der Waals surface area contributed by atoms with E-state index in [2.05, 4.69) is 60.7 Å². The van der Waals surface area contributed by atoms with Gasteiger partial charge in [0.05, 0.1) is 22.7 Å². The normalized spacial score (nSPS) is 20.8. The molecule has 4 aliphatic heterocycles. The third-order valence-corrected chi connectivity index (χ3v) is 24.8. The Morgan fingerprint density at radius 1 is 0.333 bits per heavy atom. The highest BCUT2D eigenvalue weighted by Gasteiger charge is 2.62. The largest absolute Gasteiger partial charge is 0.474 e. The molecule has 12 aromatic rings. The zero-order valence-electron chi connectivity index (χ0n) is 83.1. The monoisotopic (exact) mass is 2120 g/mol. The van der Waals surface area contributed by atoms with Crippen LogP contribution in [-0.4, -0.2) is 154 Å². The van der Waals surface area contributed by atoms with Crippen LogP contribution < -0.4 is 41.0 Å². The molecule has 0 fully saturated rings. The fourth-order valence-corrected chi connectivity index (χ4v) is 16.8. The number of nitrogens with zero attached hydrogens (tertiary/aromatic N) is 13. The minimum absolute atomic E-state index is 0.00270. The summed E-state index contributed by atoms with van der Waals surface area (Å²) >= 11 is 0. The van der Waals surface area contributed by atoms with E-state index >= 15 is 0 Å². The van der Waals surface area contributed by atoms with Gasteiger partial charge in [-0.15, -0.1) is 40.8 Å². The average Bonchev–Trinajstić information content (AvgIpc) is 1.68. The number of hydrogen-bond acceptors (Lipinski definition) is 31. The van der Waals surface area contributed by atoms with Crippen molar-refractivity contribution in [1.29, 1.82) is 0 Å². The number of alkyl halides is 12. The molecule has 8 atom stereocenters. The van der Waals surface area contributed by atoms with E-state index in [1.165, 1.54) is 54.6 Å². The van der Waals surface area contributed by atoms with E-state index in [-0.39, 0.29) is 142 Å². The van der Waals surface area contributed by atoms with Crippen molar-refractivity contribution < 1.29 is 146 Å². The average molecular weight is 2120 g/mol. The van der Waals surface area contributed by atoms with E-state index in [9.17, 15) is 100 Å². The predicted molar refractivity (Wildman–Crippen MR) is 507 cm³/mol. The van der Waals surface area contributed by atoms with E-state index in [0.717, 1.165) is 22.3 Å². The zero-order chi connectivity index (χ0) is 109. The minimum Gasteiger partial charge on any atom is -0.474 e. The lowest BCUT2D eigenvalue weighted by atomic mass is 9.94. The van der Waals surface area contributed by atoms with Crippen molar-refractivity contribution >= 4 is 34.9 Å². The second-order valence-corrected chi connectivity index (χ2v) is 39.2. The number of imide groups is 1. The summed E-state index contributed by atoms with van der Waals surface area (Å²) in [5, 5.41) is 71.1. The molecule has 2 amide bonds. The molecular formula is C102H112F16N16O16. The van der Waals surface area contributed by atoms with Crippen molar-refractivity contribution in [1.82, 2.24) is 60.7 Å². The van der Waals surface area contributed by atoms with Gasteiger partial charge in [-0.3, -0.25) is 0 Å². The summed E-state index contributed by atoms with van der Waals surface area (Å²) in [7, 11) is 0. The summed E-state index contributed by atoms with van der Waals surface area (Å²) in [5.41, 5.74) is 7.52. The highest BCUT2D eigenvalue weighted by Crippen LogP contribution is 2.50. The standard InChI is InChI=1S/C33H40F4N4O7.3C23H24F4N4O3/c1-19-17-23(41(28(42)47-30(2,3)4)29(43)48-31(5,6)7)24-26-39-40-27(46-26)32(44,33(35,36)37)16-10-8-9-11-22(45-25(19)38-24)18-20-12-14-21(34)15-13-20;3*1-13-11-17(28)18-20-30-31-21(34-20)22(32,23(25,26)27)10-4-2-3-5-16(33-19(13)29-18)12-14-6-8-15(24)9-7-14/h12-15,17,22,44H,8-11,16,18H2,1-7H3;3*6-9,11,16,32H,2-5,10,12,28H2,1H3/t22?,32-;3*16?,22-/m1111/s1. The first kappa shape index (κ1) is 113. The molecule has 12 heterocycles. The van der Waals surface area contributed by atoms with E-state index in [1.807, 2.05) is 0 Å². The van der Waals surface area contributed by atoms with E-state index in [1.54, 1.807) is 136 Å². The molecule has 16 bridgehead atoms. The van der Waals surface area contributed by atoms with Gasteiger partial charge in [0.2, 0.25) is 45.9 Å². The second-order valence-electron chi connectivity index (χ2n) is 39.2. The molecule has 48 heteroatoms. The van der Waals surface area contributed by atoms with Gasteiger partial charge in [-0.1, -0.05) is 74.2 Å². The van der Waals surface area contributed by atoms with Crippen molar-refractivity contribution in [3.8, 4) is 69.9 Å².